The molecule has 6 heteroatoms. The third-order valence-electron chi connectivity index (χ3n) is 4.32. The van der Waals surface area contributed by atoms with Crippen LogP contribution >= 0.6 is 11.8 Å². The Morgan fingerprint density at radius 3 is 2.45 bits per heavy atom. The maximum atomic E-state index is 12.5. The molecule has 0 aliphatic rings. The average molecular weight is 406 g/mol. The summed E-state index contributed by atoms with van der Waals surface area (Å²) in [5.41, 5.74) is 2.69. The van der Waals surface area contributed by atoms with Gasteiger partial charge in [0.2, 0.25) is 0 Å². The second-order valence-electron chi connectivity index (χ2n) is 6.46. The van der Waals surface area contributed by atoms with Gasteiger partial charge in [0, 0.05) is 17.4 Å². The minimum atomic E-state index is -0.222. The van der Waals surface area contributed by atoms with Crippen molar-refractivity contribution in [3.05, 3.63) is 89.6 Å². The Hall–Kier alpha value is -3.12. The van der Waals surface area contributed by atoms with Gasteiger partial charge in [-0.3, -0.25) is 9.59 Å². The fraction of sp³-hybridized carbons (Fsp3) is 0.174. The van der Waals surface area contributed by atoms with Gasteiger partial charge in [-0.25, -0.2) is 4.98 Å². The molecule has 0 radical (unpaired) electrons. The molecule has 0 saturated carbocycles. The third-order valence-corrected chi connectivity index (χ3v) is 5.14. The molecule has 1 atom stereocenters. The molecule has 1 unspecified atom stereocenters. The minimum Gasteiger partial charge on any atom is -0.345 e. The SMILES string of the molecule is CCSc1ccc(C(=O)NC(C)c2cccc(NC(=O)c3ccccc3)c2)cn1. The van der Waals surface area contributed by atoms with E-state index in [0.717, 1.165) is 16.3 Å². The highest BCUT2D eigenvalue weighted by molar-refractivity contribution is 7.99. The first kappa shape index (κ1) is 20.6. The van der Waals surface area contributed by atoms with Gasteiger partial charge in [0.15, 0.2) is 0 Å². The van der Waals surface area contributed by atoms with Gasteiger partial charge in [0.25, 0.3) is 11.8 Å². The van der Waals surface area contributed by atoms with E-state index in [9.17, 15) is 9.59 Å². The number of amides is 2. The lowest BCUT2D eigenvalue weighted by Gasteiger charge is -2.16. The van der Waals surface area contributed by atoms with Crippen molar-refractivity contribution in [2.24, 2.45) is 0 Å². The van der Waals surface area contributed by atoms with Crippen LogP contribution in [0.2, 0.25) is 0 Å². The van der Waals surface area contributed by atoms with Crippen LogP contribution in [-0.2, 0) is 0 Å². The maximum Gasteiger partial charge on any atom is 0.255 e. The highest BCUT2D eigenvalue weighted by Crippen LogP contribution is 2.19. The van der Waals surface area contributed by atoms with E-state index in [0.29, 0.717) is 16.8 Å². The van der Waals surface area contributed by atoms with Gasteiger partial charge in [0.05, 0.1) is 16.6 Å². The number of nitrogens with zero attached hydrogens (tertiary/aromatic N) is 1. The molecule has 2 amide bonds. The zero-order valence-electron chi connectivity index (χ0n) is 16.4. The number of aromatic nitrogens is 1. The van der Waals surface area contributed by atoms with Crippen molar-refractivity contribution in [2.45, 2.75) is 24.9 Å². The predicted octanol–water partition coefficient (Wildman–Crippen LogP) is 4.94. The van der Waals surface area contributed by atoms with Gasteiger partial charge in [-0.1, -0.05) is 37.3 Å². The number of nitrogens with one attached hydrogen (secondary N) is 2. The number of rotatable bonds is 7. The van der Waals surface area contributed by atoms with Crippen molar-refractivity contribution < 1.29 is 9.59 Å². The van der Waals surface area contributed by atoms with Crippen LogP contribution in [0.3, 0.4) is 0 Å². The number of pyridine rings is 1. The number of carbonyl (C=O) groups excluding carboxylic acids is 2. The lowest BCUT2D eigenvalue weighted by molar-refractivity contribution is 0.0938. The van der Waals surface area contributed by atoms with Gasteiger partial charge >= 0.3 is 0 Å². The smallest absolute Gasteiger partial charge is 0.255 e. The number of hydrogen-bond acceptors (Lipinski definition) is 4. The third kappa shape index (κ3) is 5.68. The molecule has 3 rings (SSSR count). The summed E-state index contributed by atoms with van der Waals surface area (Å²) in [5.74, 6) is 0.583. The highest BCUT2D eigenvalue weighted by atomic mass is 32.2. The number of hydrogen-bond donors (Lipinski definition) is 2. The first-order valence-corrected chi connectivity index (χ1v) is 10.4. The van der Waals surface area contributed by atoms with E-state index in [2.05, 4.69) is 22.5 Å². The van der Waals surface area contributed by atoms with Gasteiger partial charge in [-0.05, 0) is 54.6 Å². The van der Waals surface area contributed by atoms with Gasteiger partial charge < -0.3 is 10.6 Å². The zero-order chi connectivity index (χ0) is 20.6. The van der Waals surface area contributed by atoms with Crippen molar-refractivity contribution in [3.8, 4) is 0 Å². The predicted molar refractivity (Wildman–Crippen MR) is 117 cm³/mol. The van der Waals surface area contributed by atoms with E-state index in [-0.39, 0.29) is 17.9 Å². The molecule has 29 heavy (non-hydrogen) atoms. The van der Waals surface area contributed by atoms with Crippen molar-refractivity contribution in [3.63, 3.8) is 0 Å². The van der Waals surface area contributed by atoms with Crippen LogP contribution in [0.5, 0.6) is 0 Å². The summed E-state index contributed by atoms with van der Waals surface area (Å²) in [6.45, 7) is 3.97. The molecular formula is C23H23N3O2S. The lowest BCUT2D eigenvalue weighted by Crippen LogP contribution is -2.26. The summed E-state index contributed by atoms with van der Waals surface area (Å²) in [5, 5.41) is 6.77. The second kappa shape index (κ2) is 9.89. The van der Waals surface area contributed by atoms with Crippen LogP contribution in [-0.4, -0.2) is 22.6 Å². The lowest BCUT2D eigenvalue weighted by atomic mass is 10.1. The molecule has 0 spiro atoms. The van der Waals surface area contributed by atoms with Crippen molar-refractivity contribution in [2.75, 3.05) is 11.1 Å². The van der Waals surface area contributed by atoms with Crippen LogP contribution < -0.4 is 10.6 Å². The van der Waals surface area contributed by atoms with E-state index < -0.39 is 0 Å². The summed E-state index contributed by atoms with van der Waals surface area (Å²) < 4.78 is 0. The monoisotopic (exact) mass is 405 g/mol. The van der Waals surface area contributed by atoms with E-state index >= 15 is 0 Å². The summed E-state index contributed by atoms with van der Waals surface area (Å²) in [7, 11) is 0. The Bertz CT molecular complexity index is 975. The molecule has 0 fully saturated rings. The molecule has 1 aromatic heterocycles. The molecule has 0 bridgehead atoms. The van der Waals surface area contributed by atoms with Crippen molar-refractivity contribution in [1.29, 1.82) is 0 Å². The minimum absolute atomic E-state index is 0.171. The number of thioether (sulfide) groups is 1. The summed E-state index contributed by atoms with van der Waals surface area (Å²) in [6, 6.07) is 19.9. The Balaban J connectivity index is 1.65. The zero-order valence-corrected chi connectivity index (χ0v) is 17.2. The molecule has 0 aliphatic carbocycles. The van der Waals surface area contributed by atoms with Crippen molar-refractivity contribution >= 4 is 29.3 Å². The topological polar surface area (TPSA) is 71.1 Å². The summed E-state index contributed by atoms with van der Waals surface area (Å²) >= 11 is 1.63. The summed E-state index contributed by atoms with van der Waals surface area (Å²) in [4.78, 5) is 29.2. The molecule has 3 aromatic rings. The first-order chi connectivity index (χ1) is 14.1. The van der Waals surface area contributed by atoms with E-state index in [1.165, 1.54) is 0 Å². The Kier molecular flexibility index (Phi) is 7.03. The van der Waals surface area contributed by atoms with Gasteiger partial charge in [-0.15, -0.1) is 11.8 Å². The fourth-order valence-corrected chi connectivity index (χ4v) is 3.38. The Morgan fingerprint density at radius 2 is 1.76 bits per heavy atom. The average Bonchev–Trinajstić information content (AvgIpc) is 2.75. The van der Waals surface area contributed by atoms with Crippen LogP contribution in [0.15, 0.2) is 78.0 Å². The van der Waals surface area contributed by atoms with Crippen LogP contribution in [0.4, 0.5) is 5.69 Å². The van der Waals surface area contributed by atoms with E-state index in [1.807, 2.05) is 55.5 Å². The second-order valence-corrected chi connectivity index (χ2v) is 7.74. The van der Waals surface area contributed by atoms with E-state index in [1.54, 1.807) is 36.2 Å². The van der Waals surface area contributed by atoms with E-state index in [4.69, 9.17) is 0 Å². The molecule has 148 valence electrons. The van der Waals surface area contributed by atoms with Gasteiger partial charge in [0.1, 0.15) is 0 Å². The number of anilines is 1. The standard InChI is InChI=1S/C23H23N3O2S/c1-3-29-21-13-12-19(15-24-21)23(28)25-16(2)18-10-7-11-20(14-18)26-22(27)17-8-5-4-6-9-17/h4-16H,3H2,1-2H3,(H,25,28)(H,26,27). The molecule has 2 aromatic carbocycles. The fourth-order valence-electron chi connectivity index (χ4n) is 2.79. The van der Waals surface area contributed by atoms with Crippen LogP contribution in [0.1, 0.15) is 46.2 Å². The van der Waals surface area contributed by atoms with Crippen molar-refractivity contribution in [1.82, 2.24) is 10.3 Å². The van der Waals surface area contributed by atoms with Gasteiger partial charge in [-0.2, -0.15) is 0 Å². The summed E-state index contributed by atoms with van der Waals surface area (Å²) in [6.07, 6.45) is 1.59. The molecule has 1 heterocycles. The highest BCUT2D eigenvalue weighted by Gasteiger charge is 2.13. The van der Waals surface area contributed by atoms with Crippen LogP contribution in [0, 0.1) is 0 Å². The first-order valence-electron chi connectivity index (χ1n) is 9.43. The maximum absolute atomic E-state index is 12.5. The normalized spacial score (nSPS) is 11.5. The molecule has 2 N–H and O–H groups in total. The largest absolute Gasteiger partial charge is 0.345 e. The Morgan fingerprint density at radius 1 is 0.966 bits per heavy atom. The Labute approximate surface area is 175 Å². The molecule has 5 nitrogen and oxygen atoms in total. The molecule has 0 aliphatic heterocycles. The quantitative estimate of drug-likeness (QED) is 0.547. The number of carbonyl (C=O) groups is 2. The number of benzene rings is 2. The molecular weight excluding hydrogens is 382 g/mol. The van der Waals surface area contributed by atoms with Crippen LogP contribution in [0.25, 0.3) is 0 Å². The molecule has 0 saturated heterocycles.